The van der Waals surface area contributed by atoms with Gasteiger partial charge in [0, 0.05) is 12.5 Å². The van der Waals surface area contributed by atoms with E-state index < -0.39 is 0 Å². The summed E-state index contributed by atoms with van der Waals surface area (Å²) in [4.78, 5) is 15.0. The van der Waals surface area contributed by atoms with Gasteiger partial charge in [0.1, 0.15) is 5.78 Å². The van der Waals surface area contributed by atoms with Crippen molar-refractivity contribution in [3.63, 3.8) is 0 Å². The molecule has 19 heavy (non-hydrogen) atoms. The Morgan fingerprint density at radius 3 is 2.42 bits per heavy atom. The lowest BCUT2D eigenvalue weighted by Crippen LogP contribution is -2.46. The van der Waals surface area contributed by atoms with Gasteiger partial charge in [-0.2, -0.15) is 0 Å². The predicted molar refractivity (Wildman–Crippen MR) is 80.3 cm³/mol. The van der Waals surface area contributed by atoms with Crippen molar-refractivity contribution in [3.8, 4) is 0 Å². The smallest absolute Gasteiger partial charge is 0.149 e. The molecule has 1 unspecified atom stereocenters. The Labute approximate surface area is 118 Å². The van der Waals surface area contributed by atoms with Gasteiger partial charge in [0.25, 0.3) is 0 Å². The number of carbonyl (C=O) groups excluding carboxylic acids is 1. The van der Waals surface area contributed by atoms with E-state index in [4.69, 9.17) is 0 Å². The zero-order valence-electron chi connectivity index (χ0n) is 12.9. The Hall–Kier alpha value is -0.370. The first kappa shape index (κ1) is 15.0. The molecule has 0 amide bonds. The van der Waals surface area contributed by atoms with Crippen LogP contribution < -0.4 is 0 Å². The molecule has 2 nitrogen and oxygen atoms in total. The third-order valence-corrected chi connectivity index (χ3v) is 4.93. The molecule has 0 aliphatic heterocycles. The minimum Gasteiger partial charge on any atom is -0.298 e. The SMILES string of the molecule is CC(C)CCN(C1CCCC1)C1CCCCCC1=O. The average Bonchev–Trinajstić information content (AvgIpc) is 2.81. The number of ketones is 1. The summed E-state index contributed by atoms with van der Waals surface area (Å²) in [7, 11) is 0. The third-order valence-electron chi connectivity index (χ3n) is 4.93. The van der Waals surface area contributed by atoms with Gasteiger partial charge in [-0.3, -0.25) is 9.69 Å². The van der Waals surface area contributed by atoms with Crippen LogP contribution >= 0.6 is 0 Å². The molecule has 1 atom stereocenters. The van der Waals surface area contributed by atoms with Crippen LogP contribution in [0.3, 0.4) is 0 Å². The Bertz CT molecular complexity index is 281. The van der Waals surface area contributed by atoms with E-state index in [-0.39, 0.29) is 6.04 Å². The minimum atomic E-state index is 0.254. The molecule has 0 saturated heterocycles. The lowest BCUT2D eigenvalue weighted by atomic mass is 10.0. The zero-order valence-corrected chi connectivity index (χ0v) is 12.9. The Kier molecular flexibility index (Phi) is 5.87. The number of Topliss-reactive ketones (excluding diaryl/α,β-unsaturated/α-hetero) is 1. The highest BCUT2D eigenvalue weighted by Crippen LogP contribution is 2.29. The summed E-state index contributed by atoms with van der Waals surface area (Å²) in [5, 5.41) is 0. The fourth-order valence-electron chi connectivity index (χ4n) is 3.73. The van der Waals surface area contributed by atoms with Gasteiger partial charge in [0.15, 0.2) is 0 Å². The van der Waals surface area contributed by atoms with Gasteiger partial charge in [-0.05, 0) is 44.6 Å². The summed E-state index contributed by atoms with van der Waals surface area (Å²) in [5.74, 6) is 1.28. The van der Waals surface area contributed by atoms with E-state index in [2.05, 4.69) is 18.7 Å². The van der Waals surface area contributed by atoms with Gasteiger partial charge >= 0.3 is 0 Å². The molecule has 0 aromatic carbocycles. The maximum Gasteiger partial charge on any atom is 0.149 e. The van der Waals surface area contributed by atoms with E-state index in [0.29, 0.717) is 11.8 Å². The molecule has 0 N–H and O–H groups in total. The van der Waals surface area contributed by atoms with E-state index in [0.717, 1.165) is 31.7 Å². The van der Waals surface area contributed by atoms with Crippen LogP contribution in [0.2, 0.25) is 0 Å². The molecule has 2 fully saturated rings. The van der Waals surface area contributed by atoms with Crippen LogP contribution in [0.15, 0.2) is 0 Å². The second-order valence-electron chi connectivity index (χ2n) is 6.94. The van der Waals surface area contributed by atoms with Crippen molar-refractivity contribution in [3.05, 3.63) is 0 Å². The van der Waals surface area contributed by atoms with Crippen molar-refractivity contribution in [1.82, 2.24) is 4.90 Å². The van der Waals surface area contributed by atoms with E-state index in [1.165, 1.54) is 44.9 Å². The Morgan fingerprint density at radius 2 is 1.74 bits per heavy atom. The van der Waals surface area contributed by atoms with E-state index in [9.17, 15) is 4.79 Å². The van der Waals surface area contributed by atoms with Crippen LogP contribution in [0.25, 0.3) is 0 Å². The first-order chi connectivity index (χ1) is 9.18. The van der Waals surface area contributed by atoms with Crippen molar-refractivity contribution in [2.75, 3.05) is 6.54 Å². The van der Waals surface area contributed by atoms with Gasteiger partial charge < -0.3 is 0 Å². The highest BCUT2D eigenvalue weighted by Gasteiger charge is 2.32. The first-order valence-electron chi connectivity index (χ1n) is 8.47. The van der Waals surface area contributed by atoms with Crippen LogP contribution in [0.5, 0.6) is 0 Å². The van der Waals surface area contributed by atoms with Crippen molar-refractivity contribution in [2.45, 2.75) is 90.1 Å². The topological polar surface area (TPSA) is 20.3 Å². The monoisotopic (exact) mass is 265 g/mol. The molecule has 2 heteroatoms. The molecule has 0 heterocycles. The maximum atomic E-state index is 12.4. The fourth-order valence-corrected chi connectivity index (χ4v) is 3.73. The van der Waals surface area contributed by atoms with Crippen molar-refractivity contribution < 1.29 is 4.79 Å². The molecule has 0 aromatic heterocycles. The van der Waals surface area contributed by atoms with Crippen LogP contribution in [0, 0.1) is 5.92 Å². The molecule has 2 aliphatic rings. The standard InChI is InChI=1S/C17H31NO/c1-14(2)12-13-18(15-8-6-7-9-15)16-10-4-3-5-11-17(16)19/h14-16H,3-13H2,1-2H3. The largest absolute Gasteiger partial charge is 0.298 e. The summed E-state index contributed by atoms with van der Waals surface area (Å²) < 4.78 is 0. The van der Waals surface area contributed by atoms with E-state index >= 15 is 0 Å². The van der Waals surface area contributed by atoms with E-state index in [1.807, 2.05) is 0 Å². The molecule has 110 valence electrons. The number of carbonyl (C=O) groups is 1. The average molecular weight is 265 g/mol. The highest BCUT2D eigenvalue weighted by molar-refractivity contribution is 5.84. The second-order valence-corrected chi connectivity index (χ2v) is 6.94. The summed E-state index contributed by atoms with van der Waals surface area (Å²) in [6.07, 6.45) is 12.2. The van der Waals surface area contributed by atoms with Crippen LogP contribution in [0.4, 0.5) is 0 Å². The van der Waals surface area contributed by atoms with Crippen molar-refractivity contribution in [1.29, 1.82) is 0 Å². The minimum absolute atomic E-state index is 0.254. The lowest BCUT2D eigenvalue weighted by Gasteiger charge is -2.35. The molecule has 0 spiro atoms. The van der Waals surface area contributed by atoms with Gasteiger partial charge in [0.2, 0.25) is 0 Å². The normalized spacial score (nSPS) is 26.3. The van der Waals surface area contributed by atoms with Gasteiger partial charge in [-0.25, -0.2) is 0 Å². The van der Waals surface area contributed by atoms with Crippen molar-refractivity contribution in [2.24, 2.45) is 5.92 Å². The van der Waals surface area contributed by atoms with Crippen LogP contribution in [-0.4, -0.2) is 29.3 Å². The summed E-state index contributed by atoms with van der Waals surface area (Å²) in [6.45, 7) is 5.72. The molecule has 0 radical (unpaired) electrons. The quantitative estimate of drug-likeness (QED) is 0.695. The molecule has 2 saturated carbocycles. The number of rotatable bonds is 5. The third kappa shape index (κ3) is 4.30. The maximum absolute atomic E-state index is 12.4. The molecule has 0 bridgehead atoms. The summed E-state index contributed by atoms with van der Waals surface area (Å²) >= 11 is 0. The van der Waals surface area contributed by atoms with Gasteiger partial charge in [-0.15, -0.1) is 0 Å². The molecule has 2 aliphatic carbocycles. The number of hydrogen-bond acceptors (Lipinski definition) is 2. The number of nitrogens with zero attached hydrogens (tertiary/aromatic N) is 1. The van der Waals surface area contributed by atoms with Crippen LogP contribution in [0.1, 0.15) is 78.1 Å². The zero-order chi connectivity index (χ0) is 13.7. The second kappa shape index (κ2) is 7.42. The van der Waals surface area contributed by atoms with Gasteiger partial charge in [-0.1, -0.05) is 39.5 Å². The number of hydrogen-bond donors (Lipinski definition) is 0. The summed E-state index contributed by atoms with van der Waals surface area (Å²) in [5.41, 5.74) is 0. The Balaban J connectivity index is 2.02. The molecular formula is C17H31NO. The van der Waals surface area contributed by atoms with Crippen LogP contribution in [-0.2, 0) is 4.79 Å². The Morgan fingerprint density at radius 1 is 1.05 bits per heavy atom. The molecule has 0 aromatic rings. The highest BCUT2D eigenvalue weighted by atomic mass is 16.1. The molecule has 2 rings (SSSR count). The van der Waals surface area contributed by atoms with E-state index in [1.54, 1.807) is 0 Å². The predicted octanol–water partition coefficient (Wildman–Crippen LogP) is 4.18. The fraction of sp³-hybridized carbons (Fsp3) is 0.941. The molecular weight excluding hydrogens is 234 g/mol. The van der Waals surface area contributed by atoms with Gasteiger partial charge in [0.05, 0.1) is 6.04 Å². The van der Waals surface area contributed by atoms with Crippen molar-refractivity contribution >= 4 is 5.78 Å². The lowest BCUT2D eigenvalue weighted by molar-refractivity contribution is -0.125. The first-order valence-corrected chi connectivity index (χ1v) is 8.47. The summed E-state index contributed by atoms with van der Waals surface area (Å²) in [6, 6.07) is 0.954.